The Bertz CT molecular complexity index is 2170. The van der Waals surface area contributed by atoms with Crippen molar-refractivity contribution in [2.75, 3.05) is 0 Å². The second kappa shape index (κ2) is 16.5. The average molecular weight is 916 g/mol. The predicted molar refractivity (Wildman–Crippen MR) is 137 cm³/mol. The summed E-state index contributed by atoms with van der Waals surface area (Å²) in [5, 5.41) is 53.8. The van der Waals surface area contributed by atoms with Crippen molar-refractivity contribution in [3.8, 4) is 34.5 Å². The van der Waals surface area contributed by atoms with Crippen LogP contribution < -0.4 is 0 Å². The van der Waals surface area contributed by atoms with E-state index >= 15 is 0 Å². The van der Waals surface area contributed by atoms with Gasteiger partial charge in [-0.1, -0.05) is 0 Å². The fourth-order valence-corrected chi connectivity index (χ4v) is 6.33. The minimum Gasteiger partial charge on any atom is -0.744 e. The van der Waals surface area contributed by atoms with Crippen LogP contribution in [0.5, 0.6) is 34.5 Å². The quantitative estimate of drug-likeness (QED) is 0.0802. The summed E-state index contributed by atoms with van der Waals surface area (Å²) in [7, 11) is -30.8. The molecule has 3 aromatic carbocycles. The van der Waals surface area contributed by atoms with Gasteiger partial charge in [-0.25, -0.2) is 50.5 Å². The molecule has 0 unspecified atom stereocenters. The first-order valence-corrected chi connectivity index (χ1v) is 19.0. The molecule has 3 rings (SSSR count). The zero-order valence-electron chi connectivity index (χ0n) is 22.7. The molecule has 0 fully saturated rings. The number of aromatic hydroxyl groups is 6. The topological polar surface area (TPSA) is 465 Å². The van der Waals surface area contributed by atoms with Gasteiger partial charge in [-0.15, -0.1) is 0 Å². The molecule has 0 aliphatic carbocycles. The van der Waals surface area contributed by atoms with E-state index in [0.29, 0.717) is 18.2 Å². The molecule has 2 radical (unpaired) electrons. The molecule has 0 spiro atoms. The molecule has 0 atom stereocenters. The van der Waals surface area contributed by atoms with E-state index in [-0.39, 0.29) is 52.3 Å². The molecule has 0 aromatic heterocycles. The molecule has 0 saturated carbocycles. The van der Waals surface area contributed by atoms with Gasteiger partial charge in [0.15, 0.2) is 34.5 Å². The maximum Gasteiger partial charge on any atom is 3.00 e. The molecule has 6 N–H and O–H groups in total. The molecule has 0 amide bonds. The van der Waals surface area contributed by atoms with E-state index in [1.54, 1.807) is 0 Å². The van der Waals surface area contributed by atoms with Crippen molar-refractivity contribution in [2.24, 2.45) is 0 Å². The van der Waals surface area contributed by atoms with Crippen LogP contribution in [0.3, 0.4) is 0 Å². The summed E-state index contributed by atoms with van der Waals surface area (Å²) in [5.74, 6) is -7.48. The van der Waals surface area contributed by atoms with Crippen LogP contribution >= 0.6 is 0 Å². The third-order valence-corrected chi connectivity index (χ3v) is 9.75. The number of phenols is 6. The third kappa shape index (κ3) is 13.3. The van der Waals surface area contributed by atoms with E-state index < -0.39 is 125 Å². The van der Waals surface area contributed by atoms with E-state index in [2.05, 4.69) is 0 Å². The molecule has 0 saturated heterocycles. The first-order chi connectivity index (χ1) is 21.1. The molecule has 0 aliphatic rings. The number of phenolic OH excluding ortho intramolecular Hbond substituents is 6. The molecule has 24 nitrogen and oxygen atoms in total. The molecule has 32 heteroatoms. The van der Waals surface area contributed by atoms with E-state index in [1.165, 1.54) is 0 Å². The van der Waals surface area contributed by atoms with Crippen molar-refractivity contribution in [3.05, 3.63) is 36.4 Å². The SMILES string of the molecule is O=S(=O)([O-])c1cc(O)c(O)c(S(=O)(=O)[O-])c1.O=S(=O)([O-])c1cc(O)c(O)c(S(=O)(=O)[O-])c1.O=S(=O)([O-])c1cc(O)c(O)c(S(=O)(=O)[O-])c1.[Fe+3].[Fe+3]. The molecular weight excluding hydrogens is 904 g/mol. The zero-order valence-corrected chi connectivity index (χ0v) is 29.8. The van der Waals surface area contributed by atoms with Crippen molar-refractivity contribution in [3.63, 3.8) is 0 Å². The number of hydrogen-bond acceptors (Lipinski definition) is 24. The molecule has 280 valence electrons. The number of benzene rings is 3. The van der Waals surface area contributed by atoms with Crippen molar-refractivity contribution < 1.29 is 143 Å². The molecule has 0 aliphatic heterocycles. The van der Waals surface area contributed by atoms with Gasteiger partial charge in [0.05, 0.1) is 14.7 Å². The minimum absolute atomic E-state index is 0. The first kappa shape index (κ1) is 49.1. The maximum atomic E-state index is 10.6. The van der Waals surface area contributed by atoms with Gasteiger partial charge in [0, 0.05) is 18.2 Å². The summed E-state index contributed by atoms with van der Waals surface area (Å²) in [6, 6.07) is 1.56. The summed E-state index contributed by atoms with van der Waals surface area (Å²) in [4.78, 5) is -7.50. The Kier molecular flexibility index (Phi) is 16.2. The van der Waals surface area contributed by atoms with Gasteiger partial charge in [0.1, 0.15) is 75.4 Å². The van der Waals surface area contributed by atoms with Crippen LogP contribution in [0.1, 0.15) is 0 Å². The largest absolute Gasteiger partial charge is 3.00 e. The van der Waals surface area contributed by atoms with Gasteiger partial charge in [-0.2, -0.15) is 0 Å². The average Bonchev–Trinajstić information content (AvgIpc) is 2.85. The summed E-state index contributed by atoms with van der Waals surface area (Å²) in [6.07, 6.45) is 0. The Labute approximate surface area is 301 Å². The Morgan fingerprint density at radius 3 is 0.600 bits per heavy atom. The van der Waals surface area contributed by atoms with Gasteiger partial charge in [-0.05, 0) is 18.2 Å². The maximum absolute atomic E-state index is 10.6. The zero-order chi connectivity index (χ0) is 38.2. The minimum atomic E-state index is -5.20. The smallest absolute Gasteiger partial charge is 0.744 e. The van der Waals surface area contributed by atoms with E-state index in [0.717, 1.165) is 0 Å². The molecule has 0 bridgehead atoms. The van der Waals surface area contributed by atoms with Gasteiger partial charge in [0.25, 0.3) is 0 Å². The van der Waals surface area contributed by atoms with Crippen molar-refractivity contribution in [1.82, 2.24) is 0 Å². The Balaban J connectivity index is 0. The third-order valence-electron chi connectivity index (χ3n) is 4.76. The Morgan fingerprint density at radius 2 is 0.480 bits per heavy atom. The monoisotopic (exact) mass is 916 g/mol. The predicted octanol–water partition coefficient (Wildman–Crippen LogP) is -3.29. The molecule has 3 aromatic rings. The van der Waals surface area contributed by atoms with Gasteiger partial charge in [0.2, 0.25) is 0 Å². The van der Waals surface area contributed by atoms with Crippen LogP contribution in [-0.4, -0.2) is 108 Å². The molecular formula is C18H12Fe2O24S6. The van der Waals surface area contributed by atoms with Crippen molar-refractivity contribution >= 4 is 60.7 Å². The van der Waals surface area contributed by atoms with Gasteiger partial charge >= 0.3 is 34.1 Å². The summed E-state index contributed by atoms with van der Waals surface area (Å²) < 4.78 is 190. The summed E-state index contributed by atoms with van der Waals surface area (Å²) in [6.45, 7) is 0. The van der Waals surface area contributed by atoms with Gasteiger partial charge < -0.3 is 58.0 Å². The second-order valence-corrected chi connectivity index (χ2v) is 16.3. The number of hydrogen-bond donors (Lipinski definition) is 6. The second-order valence-electron chi connectivity index (χ2n) is 8.09. The van der Waals surface area contributed by atoms with E-state index in [9.17, 15) is 77.8 Å². The van der Waals surface area contributed by atoms with Crippen LogP contribution in [0, 0.1) is 0 Å². The summed E-state index contributed by atoms with van der Waals surface area (Å²) in [5.41, 5.74) is 0. The van der Waals surface area contributed by atoms with E-state index in [4.69, 9.17) is 30.6 Å². The van der Waals surface area contributed by atoms with E-state index in [1.807, 2.05) is 0 Å². The van der Waals surface area contributed by atoms with Crippen molar-refractivity contribution in [1.29, 1.82) is 0 Å². The van der Waals surface area contributed by atoms with Crippen LogP contribution in [0.15, 0.2) is 65.8 Å². The Morgan fingerprint density at radius 1 is 0.320 bits per heavy atom. The molecule has 0 heterocycles. The van der Waals surface area contributed by atoms with Crippen LogP contribution in [0.25, 0.3) is 0 Å². The Hall–Kier alpha value is -3.04. The molecule has 50 heavy (non-hydrogen) atoms. The van der Waals surface area contributed by atoms with Crippen LogP contribution in [0.2, 0.25) is 0 Å². The van der Waals surface area contributed by atoms with Crippen molar-refractivity contribution in [2.45, 2.75) is 29.4 Å². The normalized spacial score (nSPS) is 12.1. The van der Waals surface area contributed by atoms with Crippen LogP contribution in [0.4, 0.5) is 0 Å². The fraction of sp³-hybridized carbons (Fsp3) is 0. The van der Waals surface area contributed by atoms with Crippen LogP contribution in [-0.2, 0) is 94.8 Å². The standard InChI is InChI=1S/3C6H6O8S2.2Fe/c3*7-4-1-3(15(9,10)11)2-5(6(4)8)16(12,13)14;;/h3*1-2,7-8H,(H,9,10,11)(H,12,13,14);;/q;;;2*+3/p-6. The summed E-state index contributed by atoms with van der Waals surface area (Å²) >= 11 is 0. The number of rotatable bonds is 6. The first-order valence-electron chi connectivity index (χ1n) is 10.5. The fourth-order valence-electron chi connectivity index (χ4n) is 2.71. The van der Waals surface area contributed by atoms with Gasteiger partial charge in [-0.3, -0.25) is 0 Å².